The Hall–Kier alpha value is -2.98. The zero-order valence-corrected chi connectivity index (χ0v) is 19.6. The van der Waals surface area contributed by atoms with E-state index in [1.54, 1.807) is 11.3 Å². The van der Waals surface area contributed by atoms with Crippen LogP contribution < -0.4 is 15.2 Å². The molecule has 4 heteroatoms. The van der Waals surface area contributed by atoms with Crippen LogP contribution in [0, 0.1) is 13.8 Å². The predicted octanol–water partition coefficient (Wildman–Crippen LogP) is 7.27. The second kappa shape index (κ2) is 10.4. The van der Waals surface area contributed by atoms with Gasteiger partial charge in [0.1, 0.15) is 24.7 Å². The number of nitrogens with two attached hydrogens (primary N) is 1. The number of aryl methyl sites for hydroxylation is 2. The Bertz CT molecular complexity index is 1090. The van der Waals surface area contributed by atoms with Crippen LogP contribution in [0.3, 0.4) is 0 Å². The second-order valence-corrected chi connectivity index (χ2v) is 8.52. The van der Waals surface area contributed by atoms with E-state index >= 15 is 0 Å². The van der Waals surface area contributed by atoms with Gasteiger partial charge in [-0.1, -0.05) is 43.8 Å². The standard InChI is InChI=1S/C27H31NO2S/c1-6-21(7-2)27-26(20(5)28)23(17-31-27)16-30-25-13-18(3)12-24(14-25)29-15-22-11-9-8-10-19(22)4/h6,8-14,17H,5,7,15-16,28H2,1-4H3/b21-6-. The van der Waals surface area contributed by atoms with Gasteiger partial charge in [0.05, 0.1) is 0 Å². The first-order valence-electron chi connectivity index (χ1n) is 10.5. The molecule has 31 heavy (non-hydrogen) atoms. The molecule has 0 spiro atoms. The van der Waals surface area contributed by atoms with Crippen LogP contribution in [0.2, 0.25) is 0 Å². The van der Waals surface area contributed by atoms with E-state index in [4.69, 9.17) is 15.2 Å². The van der Waals surface area contributed by atoms with Gasteiger partial charge in [-0.15, -0.1) is 11.3 Å². The van der Waals surface area contributed by atoms with Crippen molar-refractivity contribution in [2.24, 2.45) is 5.73 Å². The smallest absolute Gasteiger partial charge is 0.123 e. The molecule has 2 N–H and O–H groups in total. The topological polar surface area (TPSA) is 44.5 Å². The molecule has 0 bridgehead atoms. The summed E-state index contributed by atoms with van der Waals surface area (Å²) < 4.78 is 12.2. The number of rotatable bonds is 9. The predicted molar refractivity (Wildman–Crippen MR) is 133 cm³/mol. The van der Waals surface area contributed by atoms with Crippen molar-refractivity contribution in [3.63, 3.8) is 0 Å². The highest BCUT2D eigenvalue weighted by molar-refractivity contribution is 7.11. The summed E-state index contributed by atoms with van der Waals surface area (Å²) in [4.78, 5) is 1.18. The highest BCUT2D eigenvalue weighted by atomic mass is 32.1. The van der Waals surface area contributed by atoms with Crippen molar-refractivity contribution in [3.8, 4) is 11.5 Å². The molecule has 0 aliphatic heterocycles. The maximum absolute atomic E-state index is 6.15. The molecule has 3 rings (SSSR count). The third-order valence-electron chi connectivity index (χ3n) is 5.28. The lowest BCUT2D eigenvalue weighted by Crippen LogP contribution is -2.03. The molecule has 3 aromatic rings. The van der Waals surface area contributed by atoms with Gasteiger partial charge < -0.3 is 15.2 Å². The van der Waals surface area contributed by atoms with Crippen molar-refractivity contribution in [2.75, 3.05) is 0 Å². The molecular weight excluding hydrogens is 402 g/mol. The number of hydrogen-bond acceptors (Lipinski definition) is 4. The Morgan fingerprint density at radius 1 is 1.03 bits per heavy atom. The van der Waals surface area contributed by atoms with Gasteiger partial charge in [-0.05, 0) is 67.0 Å². The van der Waals surface area contributed by atoms with Gasteiger partial charge >= 0.3 is 0 Å². The van der Waals surface area contributed by atoms with Crippen molar-refractivity contribution in [1.29, 1.82) is 0 Å². The number of allylic oxidation sites excluding steroid dienone is 2. The fourth-order valence-corrected chi connectivity index (χ4v) is 4.80. The zero-order valence-electron chi connectivity index (χ0n) is 18.8. The summed E-state index contributed by atoms with van der Waals surface area (Å²) in [6, 6.07) is 14.3. The maximum atomic E-state index is 6.15. The van der Waals surface area contributed by atoms with E-state index in [0.717, 1.165) is 34.6 Å². The second-order valence-electron chi connectivity index (χ2n) is 7.64. The summed E-state index contributed by atoms with van der Waals surface area (Å²) in [5.74, 6) is 1.58. The SMILES string of the molecule is C=C(N)c1c(COc2cc(C)cc(OCc3ccccc3C)c2)csc1/C(=C\C)CC. The van der Waals surface area contributed by atoms with Crippen LogP contribution in [0.4, 0.5) is 0 Å². The van der Waals surface area contributed by atoms with Crippen LogP contribution in [-0.2, 0) is 13.2 Å². The lowest BCUT2D eigenvalue weighted by molar-refractivity contribution is 0.289. The summed E-state index contributed by atoms with van der Waals surface area (Å²) in [6.07, 6.45) is 3.10. The summed E-state index contributed by atoms with van der Waals surface area (Å²) >= 11 is 1.70. The van der Waals surface area contributed by atoms with Gasteiger partial charge in [-0.25, -0.2) is 0 Å². The lowest BCUT2D eigenvalue weighted by Gasteiger charge is -2.13. The Morgan fingerprint density at radius 3 is 2.26 bits per heavy atom. The third kappa shape index (κ3) is 5.59. The van der Waals surface area contributed by atoms with Gasteiger partial charge in [-0.2, -0.15) is 0 Å². The van der Waals surface area contributed by atoms with Gasteiger partial charge in [0, 0.05) is 27.8 Å². The first-order chi connectivity index (χ1) is 14.9. The molecule has 0 atom stereocenters. The van der Waals surface area contributed by atoms with Crippen LogP contribution in [-0.4, -0.2) is 0 Å². The largest absolute Gasteiger partial charge is 0.489 e. The minimum Gasteiger partial charge on any atom is -0.489 e. The number of thiophene rings is 1. The number of ether oxygens (including phenoxy) is 2. The summed E-state index contributed by atoms with van der Waals surface area (Å²) in [7, 11) is 0. The van der Waals surface area contributed by atoms with Crippen LogP contribution in [0.5, 0.6) is 11.5 Å². The monoisotopic (exact) mass is 433 g/mol. The molecule has 3 nitrogen and oxygen atoms in total. The Morgan fingerprint density at radius 2 is 1.68 bits per heavy atom. The quantitative estimate of drug-likeness (QED) is 0.386. The summed E-state index contributed by atoms with van der Waals surface area (Å²) in [6.45, 7) is 13.3. The molecule has 162 valence electrons. The highest BCUT2D eigenvalue weighted by Gasteiger charge is 2.16. The van der Waals surface area contributed by atoms with Crippen LogP contribution in [0.25, 0.3) is 11.3 Å². The van der Waals surface area contributed by atoms with E-state index in [9.17, 15) is 0 Å². The highest BCUT2D eigenvalue weighted by Crippen LogP contribution is 2.35. The van der Waals surface area contributed by atoms with Crippen molar-refractivity contribution in [3.05, 3.63) is 93.2 Å². The van der Waals surface area contributed by atoms with E-state index in [2.05, 4.69) is 50.9 Å². The summed E-state index contributed by atoms with van der Waals surface area (Å²) in [5.41, 5.74) is 13.6. The van der Waals surface area contributed by atoms with Crippen molar-refractivity contribution in [1.82, 2.24) is 0 Å². The molecule has 0 saturated heterocycles. The first-order valence-corrected chi connectivity index (χ1v) is 11.4. The minimum absolute atomic E-state index is 0.434. The fraction of sp³-hybridized carbons (Fsp3) is 0.259. The maximum Gasteiger partial charge on any atom is 0.123 e. The molecule has 1 heterocycles. The van der Waals surface area contributed by atoms with E-state index in [1.165, 1.54) is 21.6 Å². The fourth-order valence-electron chi connectivity index (χ4n) is 3.56. The average molecular weight is 434 g/mol. The van der Waals surface area contributed by atoms with Crippen molar-refractivity contribution in [2.45, 2.75) is 47.3 Å². The minimum atomic E-state index is 0.434. The van der Waals surface area contributed by atoms with Crippen LogP contribution in [0.1, 0.15) is 53.0 Å². The van der Waals surface area contributed by atoms with E-state index in [1.807, 2.05) is 37.3 Å². The molecule has 0 fully saturated rings. The van der Waals surface area contributed by atoms with Gasteiger partial charge in [0.15, 0.2) is 0 Å². The van der Waals surface area contributed by atoms with Gasteiger partial charge in [-0.3, -0.25) is 0 Å². The van der Waals surface area contributed by atoms with Crippen LogP contribution in [0.15, 0.2) is 60.5 Å². The summed E-state index contributed by atoms with van der Waals surface area (Å²) in [5, 5.41) is 2.12. The van der Waals surface area contributed by atoms with E-state index < -0.39 is 0 Å². The lowest BCUT2D eigenvalue weighted by atomic mass is 10.0. The van der Waals surface area contributed by atoms with Gasteiger partial charge in [0.2, 0.25) is 0 Å². The average Bonchev–Trinajstić information content (AvgIpc) is 3.16. The first kappa shape index (κ1) is 22.7. The number of benzene rings is 2. The molecule has 0 saturated carbocycles. The Kier molecular flexibility index (Phi) is 7.59. The Balaban J connectivity index is 1.75. The molecule has 0 aliphatic rings. The Labute approximate surface area is 189 Å². The normalized spacial score (nSPS) is 11.4. The molecular formula is C27H31NO2S. The van der Waals surface area contributed by atoms with Crippen LogP contribution >= 0.6 is 11.3 Å². The molecule has 0 aliphatic carbocycles. The molecule has 2 aromatic carbocycles. The molecule has 0 radical (unpaired) electrons. The van der Waals surface area contributed by atoms with Crippen molar-refractivity contribution >= 4 is 22.6 Å². The molecule has 0 amide bonds. The third-order valence-corrected chi connectivity index (χ3v) is 6.39. The van der Waals surface area contributed by atoms with Crippen molar-refractivity contribution < 1.29 is 9.47 Å². The molecule has 0 unspecified atom stereocenters. The van der Waals surface area contributed by atoms with Gasteiger partial charge in [0.25, 0.3) is 0 Å². The zero-order chi connectivity index (χ0) is 22.4. The molecule has 1 aromatic heterocycles. The van der Waals surface area contributed by atoms with E-state index in [-0.39, 0.29) is 0 Å². The number of hydrogen-bond donors (Lipinski definition) is 1. The van der Waals surface area contributed by atoms with E-state index in [0.29, 0.717) is 18.9 Å².